The highest BCUT2D eigenvalue weighted by Gasteiger charge is 2.26. The number of anilines is 2. The minimum absolute atomic E-state index is 0.0554. The van der Waals surface area contributed by atoms with Gasteiger partial charge in [0.25, 0.3) is 5.91 Å². The zero-order chi connectivity index (χ0) is 20.4. The fourth-order valence-corrected chi connectivity index (χ4v) is 4.18. The SMILES string of the molecule is CC(O)c1cccc(Nc2nccc(-c3ccc(C(=O)N4CCC(O)C4)s3)n2)c1. The van der Waals surface area contributed by atoms with E-state index >= 15 is 0 Å². The van der Waals surface area contributed by atoms with Gasteiger partial charge in [0.1, 0.15) is 0 Å². The number of carbonyl (C=O) groups is 1. The number of hydrogen-bond donors (Lipinski definition) is 3. The molecule has 0 bridgehead atoms. The summed E-state index contributed by atoms with van der Waals surface area (Å²) in [7, 11) is 0. The van der Waals surface area contributed by atoms with Crippen LogP contribution in [0.2, 0.25) is 0 Å². The Morgan fingerprint density at radius 1 is 1.31 bits per heavy atom. The third-order valence-electron chi connectivity index (χ3n) is 4.80. The van der Waals surface area contributed by atoms with Crippen LogP contribution in [-0.4, -0.2) is 50.2 Å². The van der Waals surface area contributed by atoms with Crippen LogP contribution in [0.15, 0.2) is 48.7 Å². The molecule has 1 amide bonds. The second kappa shape index (κ2) is 8.28. The van der Waals surface area contributed by atoms with Gasteiger partial charge < -0.3 is 20.4 Å². The molecule has 1 aliphatic rings. The summed E-state index contributed by atoms with van der Waals surface area (Å²) >= 11 is 1.38. The lowest BCUT2D eigenvalue weighted by atomic mass is 10.1. The van der Waals surface area contributed by atoms with Gasteiger partial charge >= 0.3 is 0 Å². The first-order valence-corrected chi connectivity index (χ1v) is 10.3. The second-order valence-corrected chi connectivity index (χ2v) is 8.13. The predicted octanol–water partition coefficient (Wildman–Crippen LogP) is 3.21. The highest BCUT2D eigenvalue weighted by molar-refractivity contribution is 7.17. The summed E-state index contributed by atoms with van der Waals surface area (Å²) in [5.41, 5.74) is 2.31. The topological polar surface area (TPSA) is 98.6 Å². The summed E-state index contributed by atoms with van der Waals surface area (Å²) in [6.07, 6.45) is 1.31. The van der Waals surface area contributed by atoms with E-state index in [1.807, 2.05) is 30.3 Å². The molecule has 0 spiro atoms. The van der Waals surface area contributed by atoms with E-state index in [9.17, 15) is 15.0 Å². The molecule has 3 heterocycles. The minimum Gasteiger partial charge on any atom is -0.391 e. The molecule has 0 aliphatic carbocycles. The smallest absolute Gasteiger partial charge is 0.264 e. The van der Waals surface area contributed by atoms with Gasteiger partial charge in [-0.2, -0.15) is 0 Å². The van der Waals surface area contributed by atoms with Gasteiger partial charge in [0.15, 0.2) is 0 Å². The Bertz CT molecular complexity index is 1020. The van der Waals surface area contributed by atoms with E-state index in [2.05, 4.69) is 15.3 Å². The third kappa shape index (κ3) is 4.45. The number of aliphatic hydroxyl groups excluding tert-OH is 2. The molecule has 7 nitrogen and oxygen atoms in total. The van der Waals surface area contributed by atoms with Crippen LogP contribution in [0.4, 0.5) is 11.6 Å². The lowest BCUT2D eigenvalue weighted by Crippen LogP contribution is -2.28. The Hall–Kier alpha value is -2.81. The van der Waals surface area contributed by atoms with E-state index in [0.717, 1.165) is 21.8 Å². The highest BCUT2D eigenvalue weighted by atomic mass is 32.1. The summed E-state index contributed by atoms with van der Waals surface area (Å²) in [5.74, 6) is 0.384. The Kier molecular flexibility index (Phi) is 5.57. The number of carbonyl (C=O) groups excluding carboxylic acids is 1. The molecule has 150 valence electrons. The molecule has 2 aromatic heterocycles. The van der Waals surface area contributed by atoms with Crippen molar-refractivity contribution in [1.29, 1.82) is 0 Å². The fourth-order valence-electron chi connectivity index (χ4n) is 3.23. The zero-order valence-corrected chi connectivity index (χ0v) is 16.8. The van der Waals surface area contributed by atoms with Gasteiger partial charge in [0, 0.05) is 25.0 Å². The third-order valence-corrected chi connectivity index (χ3v) is 5.90. The molecule has 1 saturated heterocycles. The molecule has 1 aliphatic heterocycles. The van der Waals surface area contributed by atoms with Gasteiger partial charge in [-0.3, -0.25) is 4.79 Å². The highest BCUT2D eigenvalue weighted by Crippen LogP contribution is 2.29. The average Bonchev–Trinajstić information content (AvgIpc) is 3.37. The summed E-state index contributed by atoms with van der Waals surface area (Å²) < 4.78 is 0. The van der Waals surface area contributed by atoms with E-state index < -0.39 is 12.2 Å². The number of rotatable bonds is 5. The van der Waals surface area contributed by atoms with E-state index in [1.165, 1.54) is 11.3 Å². The number of thiophene rings is 1. The van der Waals surface area contributed by atoms with Gasteiger partial charge in [0.05, 0.1) is 27.7 Å². The quantitative estimate of drug-likeness (QED) is 0.597. The van der Waals surface area contributed by atoms with Crippen molar-refractivity contribution in [3.63, 3.8) is 0 Å². The van der Waals surface area contributed by atoms with E-state index in [0.29, 0.717) is 30.3 Å². The number of benzene rings is 1. The normalized spacial score (nSPS) is 17.3. The molecule has 3 N–H and O–H groups in total. The molecule has 29 heavy (non-hydrogen) atoms. The van der Waals surface area contributed by atoms with Gasteiger partial charge in [-0.25, -0.2) is 9.97 Å². The van der Waals surface area contributed by atoms with E-state index in [1.54, 1.807) is 30.2 Å². The molecule has 8 heteroatoms. The molecule has 1 fully saturated rings. The van der Waals surface area contributed by atoms with Crippen LogP contribution in [0, 0.1) is 0 Å². The summed E-state index contributed by atoms with van der Waals surface area (Å²) in [5, 5.41) is 22.6. The Morgan fingerprint density at radius 2 is 2.17 bits per heavy atom. The number of aromatic nitrogens is 2. The summed E-state index contributed by atoms with van der Waals surface area (Å²) in [6.45, 7) is 2.69. The predicted molar refractivity (Wildman–Crippen MR) is 112 cm³/mol. The minimum atomic E-state index is -0.553. The zero-order valence-electron chi connectivity index (χ0n) is 15.9. The van der Waals surface area contributed by atoms with Crippen molar-refractivity contribution < 1.29 is 15.0 Å². The molecule has 2 unspecified atom stereocenters. The molecular formula is C21H22N4O3S. The van der Waals surface area contributed by atoms with Crippen LogP contribution in [0.25, 0.3) is 10.6 Å². The van der Waals surface area contributed by atoms with Gasteiger partial charge in [-0.15, -0.1) is 11.3 Å². The molecule has 3 aromatic rings. The van der Waals surface area contributed by atoms with Crippen molar-refractivity contribution in [2.75, 3.05) is 18.4 Å². The van der Waals surface area contributed by atoms with Crippen LogP contribution in [-0.2, 0) is 0 Å². The molecule has 0 radical (unpaired) electrons. The second-order valence-electron chi connectivity index (χ2n) is 7.05. The maximum absolute atomic E-state index is 12.6. The Labute approximate surface area is 172 Å². The number of β-amino-alcohol motifs (C(OH)–C–C–N with tert-alkyl or cyclic N) is 1. The van der Waals surface area contributed by atoms with Crippen LogP contribution in [0.3, 0.4) is 0 Å². The monoisotopic (exact) mass is 410 g/mol. The van der Waals surface area contributed by atoms with E-state index in [4.69, 9.17) is 0 Å². The summed E-state index contributed by atoms with van der Waals surface area (Å²) in [6, 6.07) is 12.9. The summed E-state index contributed by atoms with van der Waals surface area (Å²) in [4.78, 5) is 24.6. The number of likely N-dealkylation sites (tertiary alicyclic amines) is 1. The maximum Gasteiger partial charge on any atom is 0.264 e. The van der Waals surface area contributed by atoms with Crippen molar-refractivity contribution in [2.45, 2.75) is 25.6 Å². The maximum atomic E-state index is 12.6. The van der Waals surface area contributed by atoms with Gasteiger partial charge in [0.2, 0.25) is 5.95 Å². The Balaban J connectivity index is 1.51. The lowest BCUT2D eigenvalue weighted by molar-refractivity contribution is 0.0769. The molecule has 1 aromatic carbocycles. The van der Waals surface area contributed by atoms with Crippen molar-refractivity contribution in [1.82, 2.24) is 14.9 Å². The Morgan fingerprint density at radius 3 is 2.93 bits per heavy atom. The number of amides is 1. The first kappa shape index (κ1) is 19.5. The first-order chi connectivity index (χ1) is 14.0. The van der Waals surface area contributed by atoms with Crippen molar-refractivity contribution in [2.24, 2.45) is 0 Å². The molecular weight excluding hydrogens is 388 g/mol. The van der Waals surface area contributed by atoms with Crippen LogP contribution < -0.4 is 5.32 Å². The lowest BCUT2D eigenvalue weighted by Gasteiger charge is -2.13. The standard InChI is InChI=1S/C21H22N4O3S/c1-13(26)14-3-2-4-15(11-14)23-21-22-9-7-17(24-21)18-5-6-19(29-18)20(28)25-10-8-16(27)12-25/h2-7,9,11,13,16,26-27H,8,10,12H2,1H3,(H,22,23,24). The van der Waals surface area contributed by atoms with Gasteiger partial charge in [-0.1, -0.05) is 12.1 Å². The molecule has 4 rings (SSSR count). The number of nitrogens with zero attached hydrogens (tertiary/aromatic N) is 3. The van der Waals surface area contributed by atoms with Crippen molar-refractivity contribution in [3.05, 3.63) is 59.1 Å². The fraction of sp³-hybridized carbons (Fsp3) is 0.286. The van der Waals surface area contributed by atoms with Crippen LogP contribution in [0.1, 0.15) is 34.7 Å². The van der Waals surface area contributed by atoms with E-state index in [-0.39, 0.29) is 5.91 Å². The average molecular weight is 410 g/mol. The number of hydrogen-bond acceptors (Lipinski definition) is 7. The number of nitrogens with one attached hydrogen (secondary N) is 1. The molecule has 2 atom stereocenters. The number of aliphatic hydroxyl groups is 2. The van der Waals surface area contributed by atoms with Crippen molar-refractivity contribution in [3.8, 4) is 10.6 Å². The first-order valence-electron chi connectivity index (χ1n) is 9.45. The van der Waals surface area contributed by atoms with Crippen LogP contribution in [0.5, 0.6) is 0 Å². The van der Waals surface area contributed by atoms with Gasteiger partial charge in [-0.05, 0) is 49.2 Å². The largest absolute Gasteiger partial charge is 0.391 e. The van der Waals surface area contributed by atoms with Crippen molar-refractivity contribution >= 4 is 28.9 Å². The van der Waals surface area contributed by atoms with Crippen LogP contribution >= 0.6 is 11.3 Å². The molecule has 0 saturated carbocycles.